The summed E-state index contributed by atoms with van der Waals surface area (Å²) in [5.41, 5.74) is 8.73. The van der Waals surface area contributed by atoms with Gasteiger partial charge < -0.3 is 20.7 Å². The second-order valence-electron chi connectivity index (χ2n) is 7.09. The molecule has 0 spiro atoms. The van der Waals surface area contributed by atoms with E-state index in [2.05, 4.69) is 83.4 Å². The highest BCUT2D eigenvalue weighted by Gasteiger charge is 2.13. The molecule has 0 amide bonds. The van der Waals surface area contributed by atoms with E-state index in [9.17, 15) is 0 Å². The quantitative estimate of drug-likeness (QED) is 0.182. The number of alkyl halides is 1. The molecule has 9 heteroatoms. The number of hydrogen-bond donors (Lipinski definition) is 2. The molecule has 166 valence electrons. The van der Waals surface area contributed by atoms with E-state index in [0.29, 0.717) is 6.54 Å². The number of benzene rings is 2. The summed E-state index contributed by atoms with van der Waals surface area (Å²) in [5.74, 6) is 2.62. The van der Waals surface area contributed by atoms with Crippen LogP contribution < -0.4 is 15.8 Å². The van der Waals surface area contributed by atoms with Gasteiger partial charge in [0.2, 0.25) is 0 Å². The van der Waals surface area contributed by atoms with E-state index in [4.69, 9.17) is 10.5 Å². The standard InChI is InChI=1S/C22H27Br2N5OS/c1-29(8-7-25)13-15-4-5-16(24)10-18(15)28-22-17-11-21(31-9-3-6-23)20(30-2)12-19(17)26-14-27-22/h4-5,10-12,14H,3,6-9,13,25H2,1-2H3,(H,26,27,28). The lowest BCUT2D eigenvalue weighted by Gasteiger charge is -2.19. The third kappa shape index (κ3) is 6.55. The van der Waals surface area contributed by atoms with Crippen molar-refractivity contribution in [1.82, 2.24) is 14.9 Å². The van der Waals surface area contributed by atoms with E-state index in [1.807, 2.05) is 6.07 Å². The minimum Gasteiger partial charge on any atom is -0.496 e. The number of ether oxygens (including phenoxy) is 1. The van der Waals surface area contributed by atoms with Crippen molar-refractivity contribution in [2.75, 3.05) is 43.6 Å². The monoisotopic (exact) mass is 567 g/mol. The summed E-state index contributed by atoms with van der Waals surface area (Å²) < 4.78 is 6.61. The van der Waals surface area contributed by atoms with Crippen LogP contribution in [0.5, 0.6) is 5.75 Å². The largest absolute Gasteiger partial charge is 0.496 e. The van der Waals surface area contributed by atoms with Gasteiger partial charge in [0, 0.05) is 46.6 Å². The number of likely N-dealkylation sites (N-methyl/N-ethyl adjacent to an activating group) is 1. The first-order valence-corrected chi connectivity index (χ1v) is 12.9. The third-order valence-electron chi connectivity index (χ3n) is 4.73. The number of nitrogens with one attached hydrogen (secondary N) is 1. The van der Waals surface area contributed by atoms with Crippen LogP contribution in [0.15, 0.2) is 46.0 Å². The number of nitrogens with zero attached hydrogens (tertiary/aromatic N) is 3. The van der Waals surface area contributed by atoms with Gasteiger partial charge in [-0.1, -0.05) is 37.9 Å². The van der Waals surface area contributed by atoms with Crippen LogP contribution in [0.25, 0.3) is 10.9 Å². The Balaban J connectivity index is 1.98. The molecule has 0 aliphatic heterocycles. The molecule has 0 fully saturated rings. The van der Waals surface area contributed by atoms with Crippen molar-refractivity contribution < 1.29 is 4.74 Å². The summed E-state index contributed by atoms with van der Waals surface area (Å²) in [4.78, 5) is 12.3. The molecule has 3 aromatic rings. The zero-order chi connectivity index (χ0) is 22.2. The number of fused-ring (bicyclic) bond motifs is 1. The maximum absolute atomic E-state index is 5.72. The van der Waals surface area contributed by atoms with Gasteiger partial charge in [-0.05, 0) is 43.0 Å². The highest BCUT2D eigenvalue weighted by atomic mass is 79.9. The molecule has 31 heavy (non-hydrogen) atoms. The van der Waals surface area contributed by atoms with Gasteiger partial charge in [0.1, 0.15) is 17.9 Å². The molecular formula is C22H27Br2N5OS. The van der Waals surface area contributed by atoms with Crippen molar-refractivity contribution in [3.05, 3.63) is 46.7 Å². The highest BCUT2D eigenvalue weighted by Crippen LogP contribution is 2.36. The van der Waals surface area contributed by atoms with E-state index in [1.54, 1.807) is 25.2 Å². The molecule has 0 saturated heterocycles. The van der Waals surface area contributed by atoms with Crippen LogP contribution in [0, 0.1) is 0 Å². The van der Waals surface area contributed by atoms with Crippen LogP contribution in [0.1, 0.15) is 12.0 Å². The summed E-state index contributed by atoms with van der Waals surface area (Å²) >= 11 is 8.87. The van der Waals surface area contributed by atoms with Crippen LogP contribution in [0.2, 0.25) is 0 Å². The van der Waals surface area contributed by atoms with Crippen LogP contribution in [-0.2, 0) is 6.54 Å². The molecule has 6 nitrogen and oxygen atoms in total. The lowest BCUT2D eigenvalue weighted by atomic mass is 10.1. The van der Waals surface area contributed by atoms with Crippen LogP contribution in [0.4, 0.5) is 11.5 Å². The van der Waals surface area contributed by atoms with Crippen molar-refractivity contribution in [1.29, 1.82) is 0 Å². The first-order valence-electron chi connectivity index (χ1n) is 10.0. The summed E-state index contributed by atoms with van der Waals surface area (Å²) in [5, 5.41) is 5.49. The summed E-state index contributed by atoms with van der Waals surface area (Å²) in [6.07, 6.45) is 2.67. The SMILES string of the molecule is COc1cc2ncnc(Nc3cc(Br)ccc3CN(C)CCN)c2cc1SCCCBr. The lowest BCUT2D eigenvalue weighted by Crippen LogP contribution is -2.25. The van der Waals surface area contributed by atoms with Crippen molar-refractivity contribution in [3.8, 4) is 5.75 Å². The Kier molecular flexibility index (Phi) is 9.40. The molecule has 1 heterocycles. The van der Waals surface area contributed by atoms with Gasteiger partial charge >= 0.3 is 0 Å². The number of thioether (sulfide) groups is 1. The minimum atomic E-state index is 0.629. The van der Waals surface area contributed by atoms with Crippen LogP contribution in [0.3, 0.4) is 0 Å². The number of nitrogens with two attached hydrogens (primary N) is 1. The van der Waals surface area contributed by atoms with Crippen molar-refractivity contribution in [2.45, 2.75) is 17.9 Å². The molecule has 0 aliphatic carbocycles. The van der Waals surface area contributed by atoms with Gasteiger partial charge in [0.05, 0.1) is 17.5 Å². The fourth-order valence-corrected chi connectivity index (χ4v) is 5.20. The zero-order valence-electron chi connectivity index (χ0n) is 17.7. The van der Waals surface area contributed by atoms with Gasteiger partial charge in [-0.2, -0.15) is 0 Å². The van der Waals surface area contributed by atoms with E-state index in [0.717, 1.165) is 68.1 Å². The van der Waals surface area contributed by atoms with Crippen molar-refractivity contribution >= 4 is 66.0 Å². The topological polar surface area (TPSA) is 76.3 Å². The van der Waals surface area contributed by atoms with E-state index in [-0.39, 0.29) is 0 Å². The lowest BCUT2D eigenvalue weighted by molar-refractivity contribution is 0.337. The number of methoxy groups -OCH3 is 1. The van der Waals surface area contributed by atoms with Gasteiger partial charge in [0.25, 0.3) is 0 Å². The highest BCUT2D eigenvalue weighted by molar-refractivity contribution is 9.10. The Hall–Kier alpha value is -1.39. The fraction of sp³-hybridized carbons (Fsp3) is 0.364. The maximum Gasteiger partial charge on any atom is 0.141 e. The minimum absolute atomic E-state index is 0.629. The van der Waals surface area contributed by atoms with E-state index >= 15 is 0 Å². The second kappa shape index (κ2) is 12.0. The summed E-state index contributed by atoms with van der Waals surface area (Å²) in [6.45, 7) is 2.25. The van der Waals surface area contributed by atoms with E-state index < -0.39 is 0 Å². The van der Waals surface area contributed by atoms with Gasteiger partial charge in [-0.15, -0.1) is 11.8 Å². The first kappa shape index (κ1) is 24.3. The Morgan fingerprint density at radius 3 is 2.81 bits per heavy atom. The molecule has 0 radical (unpaired) electrons. The fourth-order valence-electron chi connectivity index (χ4n) is 3.19. The Morgan fingerprint density at radius 2 is 2.06 bits per heavy atom. The van der Waals surface area contributed by atoms with Crippen molar-refractivity contribution in [2.24, 2.45) is 5.73 Å². The Bertz CT molecular complexity index is 1020. The van der Waals surface area contributed by atoms with Gasteiger partial charge in [-0.25, -0.2) is 9.97 Å². The number of anilines is 2. The number of aromatic nitrogens is 2. The number of hydrogen-bond acceptors (Lipinski definition) is 7. The smallest absolute Gasteiger partial charge is 0.141 e. The van der Waals surface area contributed by atoms with Crippen LogP contribution >= 0.6 is 43.6 Å². The molecule has 0 bridgehead atoms. The number of rotatable bonds is 11. The van der Waals surface area contributed by atoms with Gasteiger partial charge in [0.15, 0.2) is 0 Å². The normalized spacial score (nSPS) is 11.3. The molecule has 1 aromatic heterocycles. The zero-order valence-corrected chi connectivity index (χ0v) is 21.7. The van der Waals surface area contributed by atoms with Crippen molar-refractivity contribution in [3.63, 3.8) is 0 Å². The van der Waals surface area contributed by atoms with E-state index in [1.165, 1.54) is 5.56 Å². The average molecular weight is 569 g/mol. The molecule has 0 saturated carbocycles. The number of halogens is 2. The molecule has 0 aliphatic rings. The first-order chi connectivity index (χ1) is 15.0. The molecule has 3 N–H and O–H groups in total. The Labute approximate surface area is 204 Å². The maximum atomic E-state index is 5.72. The predicted molar refractivity (Wildman–Crippen MR) is 138 cm³/mol. The third-order valence-corrected chi connectivity index (χ3v) is 6.91. The molecule has 0 unspecified atom stereocenters. The molecular weight excluding hydrogens is 542 g/mol. The predicted octanol–water partition coefficient (Wildman–Crippen LogP) is 5.41. The molecule has 2 aromatic carbocycles. The second-order valence-corrected chi connectivity index (χ2v) is 9.93. The molecule has 3 rings (SSSR count). The summed E-state index contributed by atoms with van der Waals surface area (Å²) in [6, 6.07) is 10.4. The summed E-state index contributed by atoms with van der Waals surface area (Å²) in [7, 11) is 3.77. The van der Waals surface area contributed by atoms with Crippen LogP contribution in [-0.4, -0.2) is 53.2 Å². The Morgan fingerprint density at radius 1 is 1.23 bits per heavy atom. The average Bonchev–Trinajstić information content (AvgIpc) is 2.76. The van der Waals surface area contributed by atoms with Gasteiger partial charge in [-0.3, -0.25) is 0 Å². The molecule has 0 atom stereocenters.